The van der Waals surface area contributed by atoms with Crippen molar-refractivity contribution < 1.29 is 21.6 Å². The highest BCUT2D eigenvalue weighted by Crippen LogP contribution is 2.35. The lowest BCUT2D eigenvalue weighted by Crippen LogP contribution is -2.08. The number of hydrogen-bond acceptors (Lipinski definition) is 6. The van der Waals surface area contributed by atoms with Gasteiger partial charge in [-0.3, -0.25) is 0 Å². The first-order valence-electron chi connectivity index (χ1n) is 8.87. The smallest absolute Gasteiger partial charge is 0.245 e. The molecule has 0 radical (unpaired) electrons. The molecule has 0 bridgehead atoms. The van der Waals surface area contributed by atoms with Gasteiger partial charge in [0.1, 0.15) is 0 Å². The van der Waals surface area contributed by atoms with E-state index in [4.69, 9.17) is 0 Å². The Kier molecular flexibility index (Phi) is 5.18. The van der Waals surface area contributed by atoms with Crippen molar-refractivity contribution in [1.29, 1.82) is 0 Å². The summed E-state index contributed by atoms with van der Waals surface area (Å²) in [4.78, 5) is 8.13. The number of pyridine rings is 1. The summed E-state index contributed by atoms with van der Waals surface area (Å²) in [6, 6.07) is 8.84. The molecule has 160 valence electrons. The molecule has 11 heteroatoms. The third-order valence-corrected chi connectivity index (χ3v) is 6.16. The third-order valence-electron chi connectivity index (χ3n) is 4.58. The van der Waals surface area contributed by atoms with Crippen LogP contribution in [0.5, 0.6) is 0 Å². The van der Waals surface area contributed by atoms with Gasteiger partial charge < -0.3 is 0 Å². The summed E-state index contributed by atoms with van der Waals surface area (Å²) in [7, 11) is -3.54. The number of benzene rings is 1. The van der Waals surface area contributed by atoms with Crippen molar-refractivity contribution in [2.45, 2.75) is 18.1 Å². The SMILES string of the molecule is Cc1cc(-c2cc(C(F)(F)F)nn2-c2ccc(S(C)(=O)=O)nc2)ccc1-c1cscn1. The Morgan fingerprint density at radius 2 is 1.84 bits per heavy atom. The molecule has 3 aromatic heterocycles. The number of hydrogen-bond donors (Lipinski definition) is 0. The predicted molar refractivity (Wildman–Crippen MR) is 111 cm³/mol. The first kappa shape index (κ1) is 21.2. The van der Waals surface area contributed by atoms with E-state index in [-0.39, 0.29) is 16.4 Å². The van der Waals surface area contributed by atoms with E-state index in [1.807, 2.05) is 12.3 Å². The molecule has 0 atom stereocenters. The van der Waals surface area contributed by atoms with Crippen LogP contribution in [0.1, 0.15) is 11.3 Å². The van der Waals surface area contributed by atoms with Crippen molar-refractivity contribution in [2.24, 2.45) is 0 Å². The highest BCUT2D eigenvalue weighted by Gasteiger charge is 2.35. The zero-order valence-corrected chi connectivity index (χ0v) is 17.9. The van der Waals surface area contributed by atoms with Gasteiger partial charge in [0.05, 0.1) is 28.8 Å². The van der Waals surface area contributed by atoms with Gasteiger partial charge in [-0.05, 0) is 36.8 Å². The maximum atomic E-state index is 13.4. The molecule has 1 aromatic carbocycles. The van der Waals surface area contributed by atoms with Crippen LogP contribution in [0, 0.1) is 6.92 Å². The molecule has 4 rings (SSSR count). The van der Waals surface area contributed by atoms with Crippen LogP contribution in [-0.4, -0.2) is 34.4 Å². The third kappa shape index (κ3) is 4.23. The van der Waals surface area contributed by atoms with Crippen LogP contribution in [0.4, 0.5) is 13.2 Å². The predicted octanol–water partition coefficient (Wildman–Crippen LogP) is 4.79. The molecule has 31 heavy (non-hydrogen) atoms. The van der Waals surface area contributed by atoms with Crippen LogP contribution in [0.25, 0.3) is 28.2 Å². The highest BCUT2D eigenvalue weighted by atomic mass is 32.2. The van der Waals surface area contributed by atoms with Crippen molar-refractivity contribution in [3.05, 3.63) is 64.7 Å². The second kappa shape index (κ2) is 7.57. The van der Waals surface area contributed by atoms with Crippen molar-refractivity contribution in [3.63, 3.8) is 0 Å². The fourth-order valence-electron chi connectivity index (χ4n) is 3.10. The van der Waals surface area contributed by atoms with E-state index in [0.717, 1.165) is 33.8 Å². The number of rotatable bonds is 4. The summed E-state index contributed by atoms with van der Waals surface area (Å²) in [5.74, 6) is 0. The Bertz CT molecular complexity index is 1340. The lowest BCUT2D eigenvalue weighted by Gasteiger charge is -2.10. The number of aromatic nitrogens is 4. The molecule has 0 spiro atoms. The molecule has 0 aliphatic rings. The van der Waals surface area contributed by atoms with Crippen molar-refractivity contribution in [1.82, 2.24) is 19.7 Å². The maximum absolute atomic E-state index is 13.4. The van der Waals surface area contributed by atoms with E-state index in [1.165, 1.54) is 29.7 Å². The zero-order valence-electron chi connectivity index (χ0n) is 16.3. The Balaban J connectivity index is 1.84. The van der Waals surface area contributed by atoms with Crippen LogP contribution in [-0.2, 0) is 16.0 Å². The first-order chi connectivity index (χ1) is 14.5. The van der Waals surface area contributed by atoms with Gasteiger partial charge >= 0.3 is 6.18 Å². The molecule has 0 fully saturated rings. The second-order valence-corrected chi connectivity index (χ2v) is 9.54. The quantitative estimate of drug-likeness (QED) is 0.434. The number of sulfone groups is 1. The number of aryl methyl sites for hydroxylation is 1. The summed E-state index contributed by atoms with van der Waals surface area (Å²) in [5.41, 5.74) is 4.09. The monoisotopic (exact) mass is 464 g/mol. The minimum Gasteiger partial charge on any atom is -0.245 e. The molecule has 0 aliphatic heterocycles. The number of thiazole rings is 1. The molecule has 0 amide bonds. The Hall–Kier alpha value is -3.05. The minimum atomic E-state index is -4.64. The molecule has 3 heterocycles. The lowest BCUT2D eigenvalue weighted by molar-refractivity contribution is -0.141. The highest BCUT2D eigenvalue weighted by molar-refractivity contribution is 7.90. The van der Waals surface area contributed by atoms with Gasteiger partial charge in [0.2, 0.25) is 0 Å². The summed E-state index contributed by atoms with van der Waals surface area (Å²) in [5, 5.41) is 5.43. The van der Waals surface area contributed by atoms with Crippen LogP contribution in [0.3, 0.4) is 0 Å². The average molecular weight is 464 g/mol. The molecule has 0 saturated carbocycles. The molecular formula is C20H15F3N4O2S2. The van der Waals surface area contributed by atoms with Gasteiger partial charge in [0, 0.05) is 22.8 Å². The van der Waals surface area contributed by atoms with Gasteiger partial charge in [0.15, 0.2) is 20.6 Å². The molecule has 0 unspecified atom stereocenters. The summed E-state index contributed by atoms with van der Waals surface area (Å²) < 4.78 is 64.5. The Morgan fingerprint density at radius 1 is 1.06 bits per heavy atom. The molecule has 0 N–H and O–H groups in total. The van der Waals surface area contributed by atoms with Gasteiger partial charge in [-0.1, -0.05) is 12.1 Å². The van der Waals surface area contributed by atoms with Crippen molar-refractivity contribution in [3.8, 4) is 28.2 Å². The summed E-state index contributed by atoms with van der Waals surface area (Å²) in [6.45, 7) is 1.85. The molecule has 0 saturated heterocycles. The fraction of sp³-hybridized carbons (Fsp3) is 0.150. The average Bonchev–Trinajstić information content (AvgIpc) is 3.37. The van der Waals surface area contributed by atoms with Crippen LogP contribution in [0.15, 0.2) is 58.5 Å². The largest absolute Gasteiger partial charge is 0.435 e. The second-order valence-electron chi connectivity index (χ2n) is 6.85. The van der Waals surface area contributed by atoms with Crippen molar-refractivity contribution >= 4 is 21.2 Å². The zero-order chi connectivity index (χ0) is 22.4. The van der Waals surface area contributed by atoms with Crippen LogP contribution < -0.4 is 0 Å². The van der Waals surface area contributed by atoms with Gasteiger partial charge in [-0.25, -0.2) is 23.1 Å². The standard InChI is InChI=1S/C20H15F3N4O2S2/c1-12-7-13(3-5-15(12)16-10-30-11-25-16)17-8-18(20(21,22)23)26-27(17)14-4-6-19(24-9-14)31(2,28)29/h3-11H,1-2H3. The molecule has 0 aliphatic carbocycles. The van der Waals surface area contributed by atoms with E-state index < -0.39 is 21.7 Å². The molecule has 6 nitrogen and oxygen atoms in total. The fourth-order valence-corrected chi connectivity index (χ4v) is 4.21. The van der Waals surface area contributed by atoms with Gasteiger partial charge in [-0.15, -0.1) is 11.3 Å². The summed E-state index contributed by atoms with van der Waals surface area (Å²) in [6.07, 6.45) is -2.46. The van der Waals surface area contributed by atoms with Crippen LogP contribution >= 0.6 is 11.3 Å². The van der Waals surface area contributed by atoms with E-state index in [2.05, 4.69) is 15.1 Å². The molecule has 4 aromatic rings. The van der Waals surface area contributed by atoms with Crippen molar-refractivity contribution in [2.75, 3.05) is 6.26 Å². The van der Waals surface area contributed by atoms with E-state index in [0.29, 0.717) is 5.56 Å². The Morgan fingerprint density at radius 3 is 2.39 bits per heavy atom. The Labute approximate surface area is 180 Å². The number of alkyl halides is 3. The first-order valence-corrected chi connectivity index (χ1v) is 11.7. The van der Waals surface area contributed by atoms with E-state index in [1.54, 1.807) is 23.7 Å². The van der Waals surface area contributed by atoms with E-state index >= 15 is 0 Å². The number of halogens is 3. The van der Waals surface area contributed by atoms with Gasteiger partial charge in [-0.2, -0.15) is 18.3 Å². The molecular weight excluding hydrogens is 449 g/mol. The van der Waals surface area contributed by atoms with Crippen LogP contribution in [0.2, 0.25) is 0 Å². The normalized spacial score (nSPS) is 12.3. The topological polar surface area (TPSA) is 77.7 Å². The lowest BCUT2D eigenvalue weighted by atomic mass is 10.0. The summed E-state index contributed by atoms with van der Waals surface area (Å²) >= 11 is 1.45. The van der Waals surface area contributed by atoms with E-state index in [9.17, 15) is 21.6 Å². The number of nitrogens with zero attached hydrogens (tertiary/aromatic N) is 4. The van der Waals surface area contributed by atoms with Gasteiger partial charge in [0.25, 0.3) is 0 Å². The minimum absolute atomic E-state index is 0.176. The maximum Gasteiger partial charge on any atom is 0.435 e.